The third-order valence-corrected chi connectivity index (χ3v) is 3.46. The van der Waals surface area contributed by atoms with Crippen molar-refractivity contribution in [3.63, 3.8) is 0 Å². The van der Waals surface area contributed by atoms with Gasteiger partial charge in [0.15, 0.2) is 0 Å². The van der Waals surface area contributed by atoms with Gasteiger partial charge in [0.05, 0.1) is 16.1 Å². The molecule has 0 radical (unpaired) electrons. The Labute approximate surface area is 120 Å². The number of nitrogen functional groups attached to an aromatic ring is 1. The number of hydrogen-bond donors (Lipinski definition) is 1. The van der Waals surface area contributed by atoms with Gasteiger partial charge in [0.2, 0.25) is 0 Å². The smallest absolute Gasteiger partial charge is 0.141 e. The third-order valence-electron chi connectivity index (χ3n) is 2.84. The lowest BCUT2D eigenvalue weighted by Gasteiger charge is -2.12. The maximum atomic E-state index is 8.83. The Balaban J connectivity index is 2.37. The van der Waals surface area contributed by atoms with Gasteiger partial charge in [-0.15, -0.1) is 0 Å². The average Bonchev–Trinajstić information content (AvgIpc) is 2.38. The summed E-state index contributed by atoms with van der Waals surface area (Å²) in [7, 11) is 0. The van der Waals surface area contributed by atoms with Crippen LogP contribution in [0.4, 0.5) is 5.69 Å². The Kier molecular flexibility index (Phi) is 3.77. The van der Waals surface area contributed by atoms with E-state index in [-0.39, 0.29) is 0 Å². The summed E-state index contributed by atoms with van der Waals surface area (Å²) in [6.07, 6.45) is 0. The molecular weight excluding hydrogens is 304 g/mol. The van der Waals surface area contributed by atoms with Crippen LogP contribution in [-0.2, 0) is 0 Å². The maximum Gasteiger partial charge on any atom is 0.141 e. The van der Waals surface area contributed by atoms with Gasteiger partial charge >= 0.3 is 0 Å². The molecule has 96 valence electrons. The number of nitrogens with two attached hydrogens (primary N) is 1. The number of halogens is 1. The van der Waals surface area contributed by atoms with Crippen molar-refractivity contribution in [2.24, 2.45) is 0 Å². The summed E-state index contributed by atoms with van der Waals surface area (Å²) in [5.41, 5.74) is 9.22. The number of hydrogen-bond acceptors (Lipinski definition) is 3. The summed E-state index contributed by atoms with van der Waals surface area (Å²) in [5.74, 6) is 1.37. The number of ether oxygens (including phenoxy) is 1. The van der Waals surface area contributed by atoms with Crippen molar-refractivity contribution < 1.29 is 4.74 Å². The first-order chi connectivity index (χ1) is 9.01. The van der Waals surface area contributed by atoms with E-state index in [1.54, 1.807) is 18.2 Å². The monoisotopic (exact) mass is 316 g/mol. The number of anilines is 1. The molecule has 0 aliphatic carbocycles. The third kappa shape index (κ3) is 2.88. The fourth-order valence-corrected chi connectivity index (χ4v) is 2.19. The molecule has 19 heavy (non-hydrogen) atoms. The molecule has 0 aliphatic heterocycles. The molecule has 2 aromatic carbocycles. The number of rotatable bonds is 2. The van der Waals surface area contributed by atoms with Crippen LogP contribution in [0, 0.1) is 25.2 Å². The summed E-state index contributed by atoms with van der Waals surface area (Å²) in [4.78, 5) is 0. The van der Waals surface area contributed by atoms with Crippen molar-refractivity contribution in [1.29, 1.82) is 5.26 Å². The number of benzene rings is 2. The van der Waals surface area contributed by atoms with Crippen molar-refractivity contribution in [2.75, 3.05) is 5.73 Å². The van der Waals surface area contributed by atoms with E-state index in [9.17, 15) is 0 Å². The Morgan fingerprint density at radius 3 is 2.47 bits per heavy atom. The number of aryl methyl sites for hydroxylation is 2. The van der Waals surface area contributed by atoms with Crippen LogP contribution in [-0.4, -0.2) is 0 Å². The topological polar surface area (TPSA) is 59.0 Å². The van der Waals surface area contributed by atoms with Crippen molar-refractivity contribution in [2.45, 2.75) is 13.8 Å². The van der Waals surface area contributed by atoms with Crippen LogP contribution in [0.3, 0.4) is 0 Å². The SMILES string of the molecule is Cc1cc(C)c(Oc2ccc(C#N)cc2Br)cc1N. The molecule has 0 spiro atoms. The van der Waals surface area contributed by atoms with Gasteiger partial charge in [0.1, 0.15) is 11.5 Å². The minimum absolute atomic E-state index is 0.583. The molecule has 0 fully saturated rings. The highest BCUT2D eigenvalue weighted by Gasteiger charge is 2.08. The molecule has 0 heterocycles. The zero-order valence-corrected chi connectivity index (χ0v) is 12.3. The zero-order chi connectivity index (χ0) is 14.0. The Morgan fingerprint density at radius 2 is 1.84 bits per heavy atom. The van der Waals surface area contributed by atoms with E-state index in [1.807, 2.05) is 26.0 Å². The second kappa shape index (κ2) is 5.33. The van der Waals surface area contributed by atoms with E-state index in [0.717, 1.165) is 15.6 Å². The fourth-order valence-electron chi connectivity index (χ4n) is 1.73. The van der Waals surface area contributed by atoms with Crippen LogP contribution in [0.25, 0.3) is 0 Å². The van der Waals surface area contributed by atoms with Crippen LogP contribution < -0.4 is 10.5 Å². The molecule has 0 saturated carbocycles. The molecule has 2 rings (SSSR count). The first-order valence-corrected chi connectivity index (χ1v) is 6.55. The molecule has 0 aromatic heterocycles. The minimum Gasteiger partial charge on any atom is -0.456 e. The van der Waals surface area contributed by atoms with Crippen LogP contribution in [0.5, 0.6) is 11.5 Å². The molecule has 0 unspecified atom stereocenters. The predicted octanol–water partition coefficient (Wildman–Crippen LogP) is 4.31. The second-order valence-corrected chi connectivity index (χ2v) is 5.19. The van der Waals surface area contributed by atoms with Crippen molar-refractivity contribution >= 4 is 21.6 Å². The molecule has 0 aliphatic rings. The summed E-state index contributed by atoms with van der Waals surface area (Å²) in [5, 5.41) is 8.83. The lowest BCUT2D eigenvalue weighted by Crippen LogP contribution is -1.94. The highest BCUT2D eigenvalue weighted by atomic mass is 79.9. The van der Waals surface area contributed by atoms with Gasteiger partial charge < -0.3 is 10.5 Å². The van der Waals surface area contributed by atoms with Gasteiger partial charge in [-0.1, -0.05) is 6.07 Å². The van der Waals surface area contributed by atoms with Gasteiger partial charge in [-0.25, -0.2) is 0 Å². The largest absolute Gasteiger partial charge is 0.456 e. The van der Waals surface area contributed by atoms with Gasteiger partial charge in [-0.05, 0) is 59.1 Å². The molecule has 4 heteroatoms. The van der Waals surface area contributed by atoms with Gasteiger partial charge in [0, 0.05) is 11.8 Å². The zero-order valence-electron chi connectivity index (χ0n) is 10.7. The highest BCUT2D eigenvalue weighted by Crippen LogP contribution is 2.33. The van der Waals surface area contributed by atoms with E-state index in [2.05, 4.69) is 22.0 Å². The summed E-state index contributed by atoms with van der Waals surface area (Å²) in [6.45, 7) is 3.93. The molecular formula is C15H13BrN2O. The first-order valence-electron chi connectivity index (χ1n) is 5.75. The first kappa shape index (κ1) is 13.4. The predicted molar refractivity (Wildman–Crippen MR) is 79.3 cm³/mol. The summed E-state index contributed by atoms with van der Waals surface area (Å²) >= 11 is 3.40. The van der Waals surface area contributed by atoms with E-state index in [4.69, 9.17) is 15.7 Å². The van der Waals surface area contributed by atoms with Gasteiger partial charge in [0.25, 0.3) is 0 Å². The normalized spacial score (nSPS) is 10.0. The summed E-state index contributed by atoms with van der Waals surface area (Å²) in [6, 6.07) is 11.1. The van der Waals surface area contributed by atoms with Crippen LogP contribution in [0.1, 0.15) is 16.7 Å². The molecule has 3 nitrogen and oxygen atoms in total. The van der Waals surface area contributed by atoms with Crippen molar-refractivity contribution in [3.8, 4) is 17.6 Å². The molecule has 2 N–H and O–H groups in total. The molecule has 0 bridgehead atoms. The standard InChI is InChI=1S/C15H13BrN2O/c1-9-5-10(2)15(7-13(9)18)19-14-4-3-11(8-17)6-12(14)16/h3-7H,18H2,1-2H3. The second-order valence-electron chi connectivity index (χ2n) is 4.33. The van der Waals surface area contributed by atoms with Crippen molar-refractivity contribution in [3.05, 3.63) is 51.5 Å². The molecule has 0 atom stereocenters. The molecule has 2 aromatic rings. The molecule has 0 saturated heterocycles. The van der Waals surface area contributed by atoms with E-state index >= 15 is 0 Å². The Morgan fingerprint density at radius 1 is 1.11 bits per heavy atom. The Bertz CT molecular complexity index is 675. The maximum absolute atomic E-state index is 8.83. The quantitative estimate of drug-likeness (QED) is 0.840. The van der Waals surface area contributed by atoms with E-state index in [1.165, 1.54) is 0 Å². The van der Waals surface area contributed by atoms with Gasteiger partial charge in [-0.2, -0.15) is 5.26 Å². The molecule has 0 amide bonds. The van der Waals surface area contributed by atoms with Crippen LogP contribution in [0.2, 0.25) is 0 Å². The van der Waals surface area contributed by atoms with Crippen LogP contribution in [0.15, 0.2) is 34.8 Å². The summed E-state index contributed by atoms with van der Waals surface area (Å²) < 4.78 is 6.58. The lowest BCUT2D eigenvalue weighted by molar-refractivity contribution is 0.476. The van der Waals surface area contributed by atoms with Crippen LogP contribution >= 0.6 is 15.9 Å². The fraction of sp³-hybridized carbons (Fsp3) is 0.133. The van der Waals surface area contributed by atoms with Gasteiger partial charge in [-0.3, -0.25) is 0 Å². The van der Waals surface area contributed by atoms with E-state index in [0.29, 0.717) is 22.7 Å². The minimum atomic E-state index is 0.583. The highest BCUT2D eigenvalue weighted by molar-refractivity contribution is 9.10. The number of nitrogens with zero attached hydrogens (tertiary/aromatic N) is 1. The van der Waals surface area contributed by atoms with E-state index < -0.39 is 0 Å². The lowest BCUT2D eigenvalue weighted by atomic mass is 10.1. The Hall–Kier alpha value is -1.99. The number of nitriles is 1. The average molecular weight is 317 g/mol. The van der Waals surface area contributed by atoms with Crippen molar-refractivity contribution in [1.82, 2.24) is 0 Å².